The number of aliphatic carboxylic acids is 1. The van der Waals surface area contributed by atoms with Gasteiger partial charge in [0.15, 0.2) is 0 Å². The number of rotatable bonds is 4. The van der Waals surface area contributed by atoms with Crippen molar-refractivity contribution >= 4 is 17.7 Å². The van der Waals surface area contributed by atoms with Crippen molar-refractivity contribution < 1.29 is 15.0 Å². The van der Waals surface area contributed by atoms with E-state index in [9.17, 15) is 9.90 Å². The number of aliphatic hydroxyl groups excluding tert-OH is 1. The number of carboxylic acids is 1. The molecule has 0 amide bonds. The molecule has 0 aromatic rings. The van der Waals surface area contributed by atoms with Crippen molar-refractivity contribution in [3.63, 3.8) is 0 Å². The summed E-state index contributed by atoms with van der Waals surface area (Å²) in [6.45, 7) is 3.60. The van der Waals surface area contributed by atoms with Gasteiger partial charge >= 0.3 is 5.97 Å². The third kappa shape index (κ3) is 3.12. The Bertz CT molecular complexity index is 136. The highest BCUT2D eigenvalue weighted by Gasteiger charge is 2.27. The first-order chi connectivity index (χ1) is 5.00. The molecule has 0 aliphatic rings. The summed E-state index contributed by atoms with van der Waals surface area (Å²) in [5, 5.41) is 17.3. The summed E-state index contributed by atoms with van der Waals surface area (Å²) in [6.07, 6.45) is 0.923. The zero-order chi connectivity index (χ0) is 9.02. The second-order valence-electron chi connectivity index (χ2n) is 2.73. The molecule has 0 unspecified atom stereocenters. The SMILES string of the molecule is CS[C@@H](C(=O)O)[C@H](O)C(C)C. The van der Waals surface area contributed by atoms with Gasteiger partial charge in [-0.15, -0.1) is 11.8 Å². The highest BCUT2D eigenvalue weighted by atomic mass is 32.2. The number of carbonyl (C=O) groups is 1. The van der Waals surface area contributed by atoms with E-state index in [1.165, 1.54) is 0 Å². The van der Waals surface area contributed by atoms with E-state index in [-0.39, 0.29) is 5.92 Å². The summed E-state index contributed by atoms with van der Waals surface area (Å²) in [4.78, 5) is 10.5. The number of carboxylic acid groups (broad SMARTS) is 1. The average Bonchev–Trinajstić information content (AvgIpc) is 1.88. The van der Waals surface area contributed by atoms with Gasteiger partial charge in [0.2, 0.25) is 0 Å². The molecule has 66 valence electrons. The van der Waals surface area contributed by atoms with E-state index in [0.717, 1.165) is 11.8 Å². The Morgan fingerprint density at radius 2 is 1.91 bits per heavy atom. The number of hydrogen-bond acceptors (Lipinski definition) is 3. The van der Waals surface area contributed by atoms with Gasteiger partial charge in [0.1, 0.15) is 5.25 Å². The molecule has 11 heavy (non-hydrogen) atoms. The van der Waals surface area contributed by atoms with Crippen LogP contribution in [0.3, 0.4) is 0 Å². The van der Waals surface area contributed by atoms with Crippen LogP contribution in [0.15, 0.2) is 0 Å². The highest BCUT2D eigenvalue weighted by Crippen LogP contribution is 2.17. The molecule has 0 aliphatic heterocycles. The zero-order valence-electron chi connectivity index (χ0n) is 6.94. The molecule has 0 aliphatic carbocycles. The van der Waals surface area contributed by atoms with Crippen molar-refractivity contribution in [3.8, 4) is 0 Å². The first-order valence-electron chi connectivity index (χ1n) is 3.44. The van der Waals surface area contributed by atoms with E-state index in [2.05, 4.69) is 0 Å². The van der Waals surface area contributed by atoms with Gasteiger partial charge in [-0.25, -0.2) is 0 Å². The summed E-state index contributed by atoms with van der Waals surface area (Å²) in [5.41, 5.74) is 0. The molecule has 0 bridgehead atoms. The smallest absolute Gasteiger partial charge is 0.319 e. The summed E-state index contributed by atoms with van der Waals surface area (Å²) < 4.78 is 0. The van der Waals surface area contributed by atoms with Gasteiger partial charge in [0, 0.05) is 0 Å². The van der Waals surface area contributed by atoms with Crippen molar-refractivity contribution in [1.29, 1.82) is 0 Å². The summed E-state index contributed by atoms with van der Waals surface area (Å²) >= 11 is 1.16. The van der Waals surface area contributed by atoms with Gasteiger partial charge in [-0.2, -0.15) is 0 Å². The minimum Gasteiger partial charge on any atom is -0.480 e. The predicted molar refractivity (Wildman–Crippen MR) is 45.8 cm³/mol. The molecule has 0 saturated heterocycles. The molecule has 0 aromatic heterocycles. The van der Waals surface area contributed by atoms with E-state index in [1.807, 2.05) is 0 Å². The van der Waals surface area contributed by atoms with Crippen molar-refractivity contribution in [2.75, 3.05) is 6.26 Å². The molecule has 0 rings (SSSR count). The Kier molecular flexibility index (Phi) is 4.52. The normalized spacial score (nSPS) is 16.5. The molecule has 2 N–H and O–H groups in total. The number of hydrogen-bond donors (Lipinski definition) is 2. The maximum Gasteiger partial charge on any atom is 0.319 e. The summed E-state index contributed by atoms with van der Waals surface area (Å²) in [5.74, 6) is -0.956. The average molecular weight is 178 g/mol. The fraction of sp³-hybridized carbons (Fsp3) is 0.857. The van der Waals surface area contributed by atoms with E-state index in [0.29, 0.717) is 0 Å². The van der Waals surface area contributed by atoms with E-state index < -0.39 is 17.3 Å². The van der Waals surface area contributed by atoms with Gasteiger partial charge in [-0.1, -0.05) is 13.8 Å². The predicted octanol–water partition coefficient (Wildman–Crippen LogP) is 0.820. The molecule has 2 atom stereocenters. The Morgan fingerprint density at radius 1 is 1.45 bits per heavy atom. The zero-order valence-corrected chi connectivity index (χ0v) is 7.76. The molecule has 3 nitrogen and oxygen atoms in total. The maximum absolute atomic E-state index is 10.5. The Hall–Kier alpha value is -0.220. The van der Waals surface area contributed by atoms with Crippen LogP contribution in [0.4, 0.5) is 0 Å². The molecular formula is C7H14O3S. The van der Waals surface area contributed by atoms with Gasteiger partial charge in [0.25, 0.3) is 0 Å². The lowest BCUT2D eigenvalue weighted by Gasteiger charge is -2.19. The summed E-state index contributed by atoms with van der Waals surface area (Å²) in [6, 6.07) is 0. The van der Waals surface area contributed by atoms with Crippen LogP contribution < -0.4 is 0 Å². The second-order valence-corrected chi connectivity index (χ2v) is 3.71. The van der Waals surface area contributed by atoms with Gasteiger partial charge in [-0.3, -0.25) is 4.79 Å². The van der Waals surface area contributed by atoms with E-state index in [4.69, 9.17) is 5.11 Å². The van der Waals surface area contributed by atoms with Crippen molar-refractivity contribution in [2.45, 2.75) is 25.2 Å². The molecule has 4 heteroatoms. The monoisotopic (exact) mass is 178 g/mol. The summed E-state index contributed by atoms with van der Waals surface area (Å²) in [7, 11) is 0. The molecular weight excluding hydrogens is 164 g/mol. The lowest BCUT2D eigenvalue weighted by atomic mass is 10.0. The minimum absolute atomic E-state index is 0.0106. The number of thioether (sulfide) groups is 1. The van der Waals surface area contributed by atoms with Crippen molar-refractivity contribution in [3.05, 3.63) is 0 Å². The van der Waals surface area contributed by atoms with Crippen LogP contribution in [-0.4, -0.2) is 33.8 Å². The van der Waals surface area contributed by atoms with Gasteiger partial charge < -0.3 is 10.2 Å². The fourth-order valence-corrected chi connectivity index (χ4v) is 1.53. The van der Waals surface area contributed by atoms with Crippen LogP contribution >= 0.6 is 11.8 Å². The van der Waals surface area contributed by atoms with Crippen LogP contribution in [-0.2, 0) is 4.79 Å². The third-order valence-electron chi connectivity index (χ3n) is 1.49. The van der Waals surface area contributed by atoms with Crippen LogP contribution in [0.5, 0.6) is 0 Å². The van der Waals surface area contributed by atoms with E-state index >= 15 is 0 Å². The van der Waals surface area contributed by atoms with Crippen LogP contribution in [0.2, 0.25) is 0 Å². The van der Waals surface area contributed by atoms with Crippen LogP contribution in [0.25, 0.3) is 0 Å². The van der Waals surface area contributed by atoms with Crippen LogP contribution in [0, 0.1) is 5.92 Å². The van der Waals surface area contributed by atoms with Gasteiger partial charge in [0.05, 0.1) is 6.10 Å². The minimum atomic E-state index is -0.946. The Balaban J connectivity index is 4.14. The molecule has 0 heterocycles. The number of aliphatic hydroxyl groups is 1. The molecule has 0 saturated carbocycles. The van der Waals surface area contributed by atoms with Crippen LogP contribution in [0.1, 0.15) is 13.8 Å². The largest absolute Gasteiger partial charge is 0.480 e. The maximum atomic E-state index is 10.5. The van der Waals surface area contributed by atoms with Crippen molar-refractivity contribution in [1.82, 2.24) is 0 Å². The highest BCUT2D eigenvalue weighted by molar-refractivity contribution is 7.99. The first kappa shape index (κ1) is 10.8. The lowest BCUT2D eigenvalue weighted by Crippen LogP contribution is -2.34. The molecule has 0 radical (unpaired) electrons. The topological polar surface area (TPSA) is 57.5 Å². The standard InChI is InChI=1S/C7H14O3S/c1-4(2)5(8)6(11-3)7(9)10/h4-6,8H,1-3H3,(H,9,10)/t5-,6-/m1/s1. The fourth-order valence-electron chi connectivity index (χ4n) is 0.736. The molecule has 0 aromatic carbocycles. The Morgan fingerprint density at radius 3 is 2.00 bits per heavy atom. The van der Waals surface area contributed by atoms with E-state index in [1.54, 1.807) is 20.1 Å². The first-order valence-corrected chi connectivity index (χ1v) is 4.73. The quantitative estimate of drug-likeness (QED) is 0.669. The van der Waals surface area contributed by atoms with Gasteiger partial charge in [-0.05, 0) is 12.2 Å². The molecule has 0 spiro atoms. The second kappa shape index (κ2) is 4.62. The molecule has 0 fully saturated rings. The lowest BCUT2D eigenvalue weighted by molar-refractivity contribution is -0.138. The van der Waals surface area contributed by atoms with Crippen molar-refractivity contribution in [2.24, 2.45) is 5.92 Å². The Labute approximate surface area is 70.8 Å². The third-order valence-corrected chi connectivity index (χ3v) is 2.48.